The van der Waals surface area contributed by atoms with Crippen LogP contribution in [0.1, 0.15) is 34.1 Å². The SMILES string of the molecule is CC(=O)O[C@H]1CN(C(=O)OC(C)(C)C)CC[C@@H]1Nc1cc(F)ccc1N. The van der Waals surface area contributed by atoms with Crippen LogP contribution in [0.4, 0.5) is 20.6 Å². The van der Waals surface area contributed by atoms with Crippen LogP contribution in [-0.2, 0) is 14.3 Å². The van der Waals surface area contributed by atoms with Crippen LogP contribution < -0.4 is 11.1 Å². The fraction of sp³-hybridized carbons (Fsp3) is 0.556. The summed E-state index contributed by atoms with van der Waals surface area (Å²) in [6.45, 7) is 7.27. The van der Waals surface area contributed by atoms with E-state index in [0.29, 0.717) is 24.3 Å². The molecule has 1 heterocycles. The number of amides is 1. The van der Waals surface area contributed by atoms with Gasteiger partial charge in [-0.1, -0.05) is 0 Å². The number of hydrogen-bond donors (Lipinski definition) is 2. The van der Waals surface area contributed by atoms with Crippen molar-refractivity contribution in [2.24, 2.45) is 0 Å². The van der Waals surface area contributed by atoms with Gasteiger partial charge in [0.05, 0.1) is 24.0 Å². The molecule has 1 fully saturated rings. The third-order valence-electron chi connectivity index (χ3n) is 3.88. The smallest absolute Gasteiger partial charge is 0.410 e. The lowest BCUT2D eigenvalue weighted by molar-refractivity contribution is -0.149. The quantitative estimate of drug-likeness (QED) is 0.630. The zero-order valence-electron chi connectivity index (χ0n) is 15.5. The number of rotatable bonds is 3. The minimum atomic E-state index is -0.612. The molecule has 2 rings (SSSR count). The lowest BCUT2D eigenvalue weighted by atomic mass is 10.0. The van der Waals surface area contributed by atoms with Crippen molar-refractivity contribution in [2.75, 3.05) is 24.1 Å². The van der Waals surface area contributed by atoms with Gasteiger partial charge in [0.2, 0.25) is 0 Å². The molecule has 0 bridgehead atoms. The Morgan fingerprint density at radius 1 is 1.35 bits per heavy atom. The maximum Gasteiger partial charge on any atom is 0.410 e. The number of halogens is 1. The fourth-order valence-electron chi connectivity index (χ4n) is 2.76. The van der Waals surface area contributed by atoms with Crippen molar-refractivity contribution in [1.82, 2.24) is 4.90 Å². The monoisotopic (exact) mass is 367 g/mol. The number of nitrogens with zero attached hydrogens (tertiary/aromatic N) is 1. The van der Waals surface area contributed by atoms with Gasteiger partial charge in [0.15, 0.2) is 0 Å². The summed E-state index contributed by atoms with van der Waals surface area (Å²) < 4.78 is 24.2. The van der Waals surface area contributed by atoms with Crippen molar-refractivity contribution in [1.29, 1.82) is 0 Å². The average molecular weight is 367 g/mol. The topological polar surface area (TPSA) is 93.9 Å². The van der Waals surface area contributed by atoms with Crippen LogP contribution in [0.5, 0.6) is 0 Å². The Bertz CT molecular complexity index is 675. The first kappa shape index (κ1) is 19.8. The van der Waals surface area contributed by atoms with Gasteiger partial charge in [0, 0.05) is 13.5 Å². The molecule has 3 N–H and O–H groups in total. The molecule has 0 aliphatic carbocycles. The number of nitrogens with two attached hydrogens (primary N) is 1. The molecule has 1 aliphatic rings. The minimum absolute atomic E-state index is 0.182. The predicted octanol–water partition coefficient (Wildman–Crippen LogP) is 2.76. The summed E-state index contributed by atoms with van der Waals surface area (Å²) in [6, 6.07) is 3.73. The number of carbonyl (C=O) groups is 2. The molecule has 26 heavy (non-hydrogen) atoms. The molecule has 1 saturated heterocycles. The van der Waals surface area contributed by atoms with Crippen molar-refractivity contribution in [2.45, 2.75) is 51.9 Å². The Balaban J connectivity index is 2.11. The van der Waals surface area contributed by atoms with Crippen LogP contribution >= 0.6 is 0 Å². The van der Waals surface area contributed by atoms with Crippen molar-refractivity contribution in [3.63, 3.8) is 0 Å². The molecule has 8 heteroatoms. The first-order valence-corrected chi connectivity index (χ1v) is 8.52. The maximum atomic E-state index is 13.5. The number of hydrogen-bond acceptors (Lipinski definition) is 6. The Hall–Kier alpha value is -2.51. The first-order valence-electron chi connectivity index (χ1n) is 8.52. The van der Waals surface area contributed by atoms with E-state index in [-0.39, 0.29) is 12.6 Å². The van der Waals surface area contributed by atoms with E-state index in [0.717, 1.165) is 0 Å². The summed E-state index contributed by atoms with van der Waals surface area (Å²) in [5.74, 6) is -0.878. The summed E-state index contributed by atoms with van der Waals surface area (Å²) in [5, 5.41) is 3.13. The number of ether oxygens (including phenoxy) is 2. The second-order valence-corrected chi connectivity index (χ2v) is 7.35. The van der Waals surface area contributed by atoms with E-state index in [2.05, 4.69) is 5.32 Å². The van der Waals surface area contributed by atoms with Gasteiger partial charge < -0.3 is 25.4 Å². The largest absolute Gasteiger partial charge is 0.458 e. The highest BCUT2D eigenvalue weighted by Gasteiger charge is 2.35. The molecule has 1 aliphatic heterocycles. The molecule has 0 spiro atoms. The highest BCUT2D eigenvalue weighted by atomic mass is 19.1. The van der Waals surface area contributed by atoms with Crippen molar-refractivity contribution >= 4 is 23.4 Å². The van der Waals surface area contributed by atoms with Gasteiger partial charge in [0.1, 0.15) is 17.5 Å². The summed E-state index contributed by atoms with van der Waals surface area (Å²) in [4.78, 5) is 25.3. The second-order valence-electron chi connectivity index (χ2n) is 7.35. The lowest BCUT2D eigenvalue weighted by Gasteiger charge is -2.39. The van der Waals surface area contributed by atoms with Gasteiger partial charge in [-0.05, 0) is 45.4 Å². The van der Waals surface area contributed by atoms with Crippen LogP contribution in [-0.4, -0.2) is 47.8 Å². The van der Waals surface area contributed by atoms with E-state index < -0.39 is 29.6 Å². The molecule has 0 aromatic heterocycles. The Labute approximate surface area is 152 Å². The van der Waals surface area contributed by atoms with Crippen LogP contribution in [0, 0.1) is 5.82 Å². The third-order valence-corrected chi connectivity index (χ3v) is 3.88. The maximum absolute atomic E-state index is 13.5. The highest BCUT2D eigenvalue weighted by Crippen LogP contribution is 2.25. The van der Waals surface area contributed by atoms with E-state index in [9.17, 15) is 14.0 Å². The van der Waals surface area contributed by atoms with E-state index >= 15 is 0 Å². The summed E-state index contributed by atoms with van der Waals surface area (Å²) in [7, 11) is 0. The van der Waals surface area contributed by atoms with Crippen molar-refractivity contribution < 1.29 is 23.5 Å². The van der Waals surface area contributed by atoms with Crippen molar-refractivity contribution in [3.8, 4) is 0 Å². The summed E-state index contributed by atoms with van der Waals surface area (Å²) >= 11 is 0. The van der Waals surface area contributed by atoms with E-state index in [1.807, 2.05) is 0 Å². The summed E-state index contributed by atoms with van der Waals surface area (Å²) in [6.07, 6.45) is -0.567. The number of anilines is 2. The van der Waals surface area contributed by atoms with Crippen LogP contribution in [0.25, 0.3) is 0 Å². The number of nitrogen functional groups attached to an aromatic ring is 1. The molecule has 7 nitrogen and oxygen atoms in total. The Morgan fingerprint density at radius 2 is 2.04 bits per heavy atom. The Kier molecular flexibility index (Phi) is 5.94. The fourth-order valence-corrected chi connectivity index (χ4v) is 2.76. The van der Waals surface area contributed by atoms with Crippen LogP contribution in [0.15, 0.2) is 18.2 Å². The Morgan fingerprint density at radius 3 is 2.65 bits per heavy atom. The molecular weight excluding hydrogens is 341 g/mol. The second kappa shape index (κ2) is 7.80. The summed E-state index contributed by atoms with van der Waals surface area (Å²) in [5.41, 5.74) is 6.08. The predicted molar refractivity (Wildman–Crippen MR) is 96.2 cm³/mol. The van der Waals surface area contributed by atoms with E-state index in [1.165, 1.54) is 30.0 Å². The van der Waals surface area contributed by atoms with Gasteiger partial charge >= 0.3 is 12.1 Å². The molecule has 1 aromatic rings. The van der Waals surface area contributed by atoms with Gasteiger partial charge in [-0.15, -0.1) is 0 Å². The molecule has 0 saturated carbocycles. The van der Waals surface area contributed by atoms with Gasteiger partial charge in [-0.3, -0.25) is 4.79 Å². The zero-order valence-corrected chi connectivity index (χ0v) is 15.5. The number of nitrogens with one attached hydrogen (secondary N) is 1. The van der Waals surface area contributed by atoms with E-state index in [1.54, 1.807) is 20.8 Å². The van der Waals surface area contributed by atoms with Gasteiger partial charge in [-0.25, -0.2) is 9.18 Å². The molecule has 2 atom stereocenters. The lowest BCUT2D eigenvalue weighted by Crippen LogP contribution is -2.54. The first-order chi connectivity index (χ1) is 12.0. The molecular formula is C18H26FN3O4. The van der Waals surface area contributed by atoms with Crippen molar-refractivity contribution in [3.05, 3.63) is 24.0 Å². The standard InChI is InChI=1S/C18H26FN3O4/c1-11(23)25-16-10-22(17(24)26-18(2,3)4)8-7-14(16)21-15-9-12(19)5-6-13(15)20/h5-6,9,14,16,21H,7-8,10,20H2,1-4H3/t14-,16-/m0/s1. The number of esters is 1. The average Bonchev–Trinajstić information content (AvgIpc) is 2.50. The molecule has 1 amide bonds. The number of likely N-dealkylation sites (tertiary alicyclic amines) is 1. The van der Waals surface area contributed by atoms with Crippen LogP contribution in [0.3, 0.4) is 0 Å². The molecule has 1 aromatic carbocycles. The number of carbonyl (C=O) groups excluding carboxylic acids is 2. The van der Waals surface area contributed by atoms with Gasteiger partial charge in [-0.2, -0.15) is 0 Å². The third kappa shape index (κ3) is 5.50. The number of piperidine rings is 1. The normalized spacial score (nSPS) is 20.4. The van der Waals surface area contributed by atoms with E-state index in [4.69, 9.17) is 15.2 Å². The molecule has 144 valence electrons. The highest BCUT2D eigenvalue weighted by molar-refractivity contribution is 5.70. The zero-order chi connectivity index (χ0) is 19.5. The minimum Gasteiger partial charge on any atom is -0.458 e. The molecule has 0 unspecified atom stereocenters. The van der Waals surface area contributed by atoms with Crippen LogP contribution in [0.2, 0.25) is 0 Å². The number of benzene rings is 1. The molecule has 0 radical (unpaired) electrons. The van der Waals surface area contributed by atoms with Gasteiger partial charge in [0.25, 0.3) is 0 Å².